The summed E-state index contributed by atoms with van der Waals surface area (Å²) in [5, 5.41) is 16.3. The van der Waals surface area contributed by atoms with Gasteiger partial charge in [-0.15, -0.1) is 0 Å². The SMILES string of the molecule is CSCC[C@@H](NC(=O)N[C@@H]1CCCC[C@@H]1C)C(=O)[O-]. The molecule has 6 heteroatoms. The van der Waals surface area contributed by atoms with Gasteiger partial charge in [0.05, 0.1) is 12.0 Å². The number of aliphatic carboxylic acids is 1. The van der Waals surface area contributed by atoms with E-state index in [0.717, 1.165) is 19.3 Å². The summed E-state index contributed by atoms with van der Waals surface area (Å²) in [6.45, 7) is 2.12. The molecule has 0 spiro atoms. The van der Waals surface area contributed by atoms with Crippen LogP contribution in [0.15, 0.2) is 0 Å². The van der Waals surface area contributed by atoms with Gasteiger partial charge in [-0.3, -0.25) is 0 Å². The van der Waals surface area contributed by atoms with Gasteiger partial charge in [-0.2, -0.15) is 11.8 Å². The van der Waals surface area contributed by atoms with Crippen LogP contribution in [-0.4, -0.2) is 36.1 Å². The van der Waals surface area contributed by atoms with Crippen LogP contribution in [0.5, 0.6) is 0 Å². The van der Waals surface area contributed by atoms with Crippen molar-refractivity contribution in [1.82, 2.24) is 10.6 Å². The Morgan fingerprint density at radius 3 is 2.63 bits per heavy atom. The van der Waals surface area contributed by atoms with E-state index in [-0.39, 0.29) is 6.04 Å². The van der Waals surface area contributed by atoms with E-state index in [1.54, 1.807) is 11.8 Å². The molecule has 2 N–H and O–H groups in total. The standard InChI is InChI=1S/C13H24N2O3S/c1-9-5-3-4-6-10(9)14-13(18)15-11(12(16)17)7-8-19-2/h9-11H,3-8H2,1-2H3,(H,16,17)(H2,14,15,18)/p-1/t9-,10+,11+/m0/s1. The zero-order chi connectivity index (χ0) is 14.3. The number of rotatable bonds is 6. The van der Waals surface area contributed by atoms with Gasteiger partial charge in [0.15, 0.2) is 0 Å². The highest BCUT2D eigenvalue weighted by atomic mass is 32.2. The van der Waals surface area contributed by atoms with Crippen LogP contribution in [-0.2, 0) is 4.79 Å². The number of nitrogens with one attached hydrogen (secondary N) is 2. The number of carbonyl (C=O) groups excluding carboxylic acids is 2. The lowest BCUT2D eigenvalue weighted by molar-refractivity contribution is -0.308. The third-order valence-corrected chi connectivity index (χ3v) is 4.27. The first-order valence-electron chi connectivity index (χ1n) is 6.81. The van der Waals surface area contributed by atoms with Crippen molar-refractivity contribution in [2.75, 3.05) is 12.0 Å². The number of carbonyl (C=O) groups is 2. The van der Waals surface area contributed by atoms with Crippen molar-refractivity contribution >= 4 is 23.8 Å². The van der Waals surface area contributed by atoms with Gasteiger partial charge in [-0.1, -0.05) is 19.8 Å². The topological polar surface area (TPSA) is 81.3 Å². The monoisotopic (exact) mass is 287 g/mol. The second kappa shape index (κ2) is 8.30. The summed E-state index contributed by atoms with van der Waals surface area (Å²) in [7, 11) is 0. The van der Waals surface area contributed by atoms with Crippen LogP contribution in [0.2, 0.25) is 0 Å². The second-order valence-electron chi connectivity index (χ2n) is 5.14. The van der Waals surface area contributed by atoms with Crippen LogP contribution in [0.1, 0.15) is 39.0 Å². The van der Waals surface area contributed by atoms with E-state index in [9.17, 15) is 14.7 Å². The lowest BCUT2D eigenvalue weighted by Gasteiger charge is -2.30. The lowest BCUT2D eigenvalue weighted by Crippen LogP contribution is -2.54. The fourth-order valence-electron chi connectivity index (χ4n) is 2.38. The molecule has 0 aromatic rings. The summed E-state index contributed by atoms with van der Waals surface area (Å²) in [5.74, 6) is -0.0911. The molecule has 0 saturated heterocycles. The quantitative estimate of drug-likeness (QED) is 0.755. The first-order valence-corrected chi connectivity index (χ1v) is 8.20. The summed E-state index contributed by atoms with van der Waals surface area (Å²) < 4.78 is 0. The van der Waals surface area contributed by atoms with Gasteiger partial charge in [0.2, 0.25) is 0 Å². The molecular formula is C13H23N2O3S-. The molecule has 3 atom stereocenters. The van der Waals surface area contributed by atoms with Crippen molar-refractivity contribution in [2.45, 2.75) is 51.1 Å². The molecule has 0 aliphatic heterocycles. The van der Waals surface area contributed by atoms with Gasteiger partial charge in [0, 0.05) is 6.04 Å². The van der Waals surface area contributed by atoms with Crippen molar-refractivity contribution in [3.8, 4) is 0 Å². The maximum absolute atomic E-state index is 11.8. The zero-order valence-corrected chi connectivity index (χ0v) is 12.4. The van der Waals surface area contributed by atoms with E-state index in [1.165, 1.54) is 6.42 Å². The number of urea groups is 1. The van der Waals surface area contributed by atoms with E-state index in [1.807, 2.05) is 6.26 Å². The van der Waals surface area contributed by atoms with Gasteiger partial charge in [-0.05, 0) is 37.2 Å². The minimum atomic E-state index is -1.22. The van der Waals surface area contributed by atoms with Crippen LogP contribution >= 0.6 is 11.8 Å². The summed E-state index contributed by atoms with van der Waals surface area (Å²) in [6, 6.07) is -1.16. The fraction of sp³-hybridized carbons (Fsp3) is 0.846. The van der Waals surface area contributed by atoms with Crippen molar-refractivity contribution < 1.29 is 14.7 Å². The molecule has 0 aromatic heterocycles. The molecule has 0 radical (unpaired) electrons. The minimum Gasteiger partial charge on any atom is -0.548 e. The molecule has 1 rings (SSSR count). The maximum atomic E-state index is 11.8. The molecule has 5 nitrogen and oxygen atoms in total. The van der Waals surface area contributed by atoms with Crippen LogP contribution in [0.3, 0.4) is 0 Å². The Bertz CT molecular complexity index is 312. The average Bonchev–Trinajstić information content (AvgIpc) is 2.37. The predicted octanol–water partition coefficient (Wildman–Crippen LogP) is 0.736. The highest BCUT2D eigenvalue weighted by molar-refractivity contribution is 7.98. The summed E-state index contributed by atoms with van der Waals surface area (Å²) in [6.07, 6.45) is 6.69. The molecule has 1 aliphatic rings. The number of carboxylic acids is 1. The maximum Gasteiger partial charge on any atom is 0.315 e. The largest absolute Gasteiger partial charge is 0.548 e. The van der Waals surface area contributed by atoms with Crippen LogP contribution < -0.4 is 15.7 Å². The van der Waals surface area contributed by atoms with E-state index in [4.69, 9.17) is 0 Å². The molecule has 1 aliphatic carbocycles. The van der Waals surface area contributed by atoms with E-state index in [2.05, 4.69) is 17.6 Å². The highest BCUT2D eigenvalue weighted by Crippen LogP contribution is 2.23. The van der Waals surface area contributed by atoms with Crippen molar-refractivity contribution in [1.29, 1.82) is 0 Å². The van der Waals surface area contributed by atoms with Crippen LogP contribution in [0.4, 0.5) is 4.79 Å². The van der Waals surface area contributed by atoms with Crippen molar-refractivity contribution in [2.24, 2.45) is 5.92 Å². The molecule has 0 aromatic carbocycles. The van der Waals surface area contributed by atoms with E-state index >= 15 is 0 Å². The molecule has 0 bridgehead atoms. The van der Waals surface area contributed by atoms with Gasteiger partial charge in [0.25, 0.3) is 0 Å². The van der Waals surface area contributed by atoms with Gasteiger partial charge < -0.3 is 20.5 Å². The lowest BCUT2D eigenvalue weighted by atomic mass is 9.86. The highest BCUT2D eigenvalue weighted by Gasteiger charge is 2.23. The Hall–Kier alpha value is -0.910. The van der Waals surface area contributed by atoms with E-state index < -0.39 is 18.0 Å². The number of hydrogen-bond donors (Lipinski definition) is 2. The van der Waals surface area contributed by atoms with Gasteiger partial charge >= 0.3 is 6.03 Å². The smallest absolute Gasteiger partial charge is 0.315 e. The molecule has 1 fully saturated rings. The molecule has 0 heterocycles. The van der Waals surface area contributed by atoms with Crippen LogP contribution in [0, 0.1) is 5.92 Å². The Labute approximate surface area is 118 Å². The van der Waals surface area contributed by atoms with Gasteiger partial charge in [-0.25, -0.2) is 4.79 Å². The zero-order valence-electron chi connectivity index (χ0n) is 11.6. The first kappa shape index (κ1) is 16.1. The molecule has 2 amide bonds. The molecule has 110 valence electrons. The fourth-order valence-corrected chi connectivity index (χ4v) is 2.86. The van der Waals surface area contributed by atoms with Crippen molar-refractivity contribution in [3.05, 3.63) is 0 Å². The Balaban J connectivity index is 2.40. The predicted molar refractivity (Wildman–Crippen MR) is 74.9 cm³/mol. The minimum absolute atomic E-state index is 0.150. The Morgan fingerprint density at radius 2 is 2.05 bits per heavy atom. The second-order valence-corrected chi connectivity index (χ2v) is 6.12. The Kier molecular flexibility index (Phi) is 7.05. The first-order chi connectivity index (χ1) is 9.04. The number of hydrogen-bond acceptors (Lipinski definition) is 4. The third kappa shape index (κ3) is 5.72. The number of amides is 2. The average molecular weight is 287 g/mol. The normalized spacial score (nSPS) is 24.5. The third-order valence-electron chi connectivity index (χ3n) is 3.63. The molecule has 0 unspecified atom stereocenters. The molecule has 19 heavy (non-hydrogen) atoms. The summed E-state index contributed by atoms with van der Waals surface area (Å²) >= 11 is 1.55. The molecular weight excluding hydrogens is 264 g/mol. The molecule has 1 saturated carbocycles. The van der Waals surface area contributed by atoms with Crippen LogP contribution in [0.25, 0.3) is 0 Å². The summed E-state index contributed by atoms with van der Waals surface area (Å²) in [5.41, 5.74) is 0. The Morgan fingerprint density at radius 1 is 1.37 bits per heavy atom. The van der Waals surface area contributed by atoms with E-state index in [0.29, 0.717) is 18.1 Å². The van der Waals surface area contributed by atoms with Gasteiger partial charge in [0.1, 0.15) is 0 Å². The number of thioether (sulfide) groups is 1. The summed E-state index contributed by atoms with van der Waals surface area (Å²) in [4.78, 5) is 22.7. The number of carboxylic acid groups (broad SMARTS) is 1. The van der Waals surface area contributed by atoms with Crippen molar-refractivity contribution in [3.63, 3.8) is 0 Å².